The van der Waals surface area contributed by atoms with E-state index in [1.165, 1.54) is 0 Å². The summed E-state index contributed by atoms with van der Waals surface area (Å²) in [5, 5.41) is 20.4. The third kappa shape index (κ3) is 17.3. The Balaban J connectivity index is 0. The van der Waals surface area contributed by atoms with Gasteiger partial charge in [0.1, 0.15) is 0 Å². The molecule has 0 amide bonds. The topological polar surface area (TPSA) is 131 Å². The Hall–Kier alpha value is 1.35. The van der Waals surface area contributed by atoms with Gasteiger partial charge < -0.3 is 24.8 Å². The number of rotatable bonds is 10. The number of ether oxygens (including phenoxy) is 1. The second kappa shape index (κ2) is 12.4. The van der Waals surface area contributed by atoms with Crippen molar-refractivity contribution in [1.29, 1.82) is 0 Å². The Bertz CT molecular complexity index is 263. The Morgan fingerprint density at radius 1 is 1.35 bits per heavy atom. The monoisotopic (exact) mass is 296 g/mol. The fraction of sp³-hybridized carbons (Fsp3) is 1.00. The summed E-state index contributed by atoms with van der Waals surface area (Å²) in [7, 11) is -4.52. The van der Waals surface area contributed by atoms with Crippen LogP contribution >= 0.6 is 0 Å². The van der Waals surface area contributed by atoms with Crippen LogP contribution in [0.5, 0.6) is 0 Å². The summed E-state index contributed by atoms with van der Waals surface area (Å²) in [6.07, 6.45) is -1.05. The quantitative estimate of drug-likeness (QED) is 0.179. The molecule has 0 aromatic carbocycles. The second-order valence-electron chi connectivity index (χ2n) is 3.00. The van der Waals surface area contributed by atoms with Gasteiger partial charge in [-0.05, 0) is 0 Å². The normalized spacial score (nSPS) is 13.1. The molecule has 0 aromatic heterocycles. The smallest absolute Gasteiger partial charge is 0.735 e. The molecule has 0 fully saturated rings. The minimum Gasteiger partial charge on any atom is -0.735 e. The summed E-state index contributed by atoms with van der Waals surface area (Å²) >= 11 is 0. The molecule has 0 saturated heterocycles. The van der Waals surface area contributed by atoms with E-state index in [1.807, 2.05) is 0 Å². The average Bonchev–Trinajstić information content (AvgIpc) is 2.19. The van der Waals surface area contributed by atoms with Gasteiger partial charge in [0.25, 0.3) is 0 Å². The van der Waals surface area contributed by atoms with Crippen molar-refractivity contribution >= 4 is 10.3 Å². The van der Waals surface area contributed by atoms with Crippen LogP contribution in [0, 0.1) is 0 Å². The molecule has 98 valence electrons. The van der Waals surface area contributed by atoms with E-state index in [0.717, 1.165) is 0 Å². The van der Waals surface area contributed by atoms with Gasteiger partial charge in [-0.25, -0.2) is 13.1 Å². The molecule has 17 heavy (non-hydrogen) atoms. The van der Waals surface area contributed by atoms with Crippen molar-refractivity contribution in [3.63, 3.8) is 0 Å². The van der Waals surface area contributed by atoms with Crippen molar-refractivity contribution < 1.29 is 79.3 Å². The summed E-state index contributed by atoms with van der Waals surface area (Å²) in [5.74, 6) is 0. The van der Waals surface area contributed by atoms with Crippen LogP contribution in [0.4, 0.5) is 0 Å². The van der Waals surface area contributed by atoms with Gasteiger partial charge in [0.2, 0.25) is 0 Å². The van der Waals surface area contributed by atoms with Gasteiger partial charge in [0.05, 0.1) is 25.9 Å². The van der Waals surface area contributed by atoms with E-state index in [-0.39, 0.29) is 71.1 Å². The molecule has 0 radical (unpaired) electrons. The molecule has 0 aliphatic heterocycles. The van der Waals surface area contributed by atoms with Gasteiger partial charge >= 0.3 is 51.4 Å². The maximum Gasteiger partial charge on any atom is 1.00 e. The van der Waals surface area contributed by atoms with Gasteiger partial charge in [-0.15, -0.1) is 0 Å². The van der Waals surface area contributed by atoms with Gasteiger partial charge in [-0.3, -0.25) is 0 Å². The molecule has 0 saturated carbocycles. The zero-order valence-electron chi connectivity index (χ0n) is 9.76. The molecule has 0 aliphatic carbocycles. The number of hydrogen-bond acceptors (Lipinski definition) is 7. The predicted octanol–water partition coefficient (Wildman–Crippen LogP) is -6.00. The SMILES string of the molecule is O=S(=O)([O-])NCC(O)COCCNCCO.[K+]. The largest absolute Gasteiger partial charge is 1.00 e. The van der Waals surface area contributed by atoms with Crippen molar-refractivity contribution in [2.45, 2.75) is 6.10 Å². The van der Waals surface area contributed by atoms with Crippen molar-refractivity contribution in [2.24, 2.45) is 0 Å². The van der Waals surface area contributed by atoms with E-state index < -0.39 is 16.4 Å². The molecule has 10 heteroatoms. The third-order valence-corrected chi connectivity index (χ3v) is 2.04. The van der Waals surface area contributed by atoms with Crippen molar-refractivity contribution in [3.05, 3.63) is 0 Å². The Morgan fingerprint density at radius 2 is 2.00 bits per heavy atom. The number of hydrogen-bond donors (Lipinski definition) is 4. The van der Waals surface area contributed by atoms with Crippen LogP contribution in [-0.4, -0.2) is 68.7 Å². The van der Waals surface area contributed by atoms with Crippen LogP contribution in [0.2, 0.25) is 0 Å². The van der Waals surface area contributed by atoms with E-state index in [0.29, 0.717) is 19.7 Å². The van der Waals surface area contributed by atoms with Crippen LogP contribution in [0.1, 0.15) is 0 Å². The molecule has 4 N–H and O–H groups in total. The Kier molecular flexibility index (Phi) is 15.0. The minimum absolute atomic E-state index is 0. The molecule has 1 unspecified atom stereocenters. The Labute approximate surface area is 143 Å². The molecule has 0 aromatic rings. The van der Waals surface area contributed by atoms with E-state index >= 15 is 0 Å². The standard InChI is InChI=1S/C7H18N2O6S.K/c10-3-1-8-2-4-15-6-7(11)5-9-16(12,13)14;/h7-11H,1-6H2,(H,12,13,14);/q;+1/p-1. The molecule has 8 nitrogen and oxygen atoms in total. The average molecular weight is 296 g/mol. The maximum atomic E-state index is 10.1. The van der Waals surface area contributed by atoms with Gasteiger partial charge in [-0.2, -0.15) is 0 Å². The first-order valence-electron chi connectivity index (χ1n) is 4.73. The predicted molar refractivity (Wildman–Crippen MR) is 54.5 cm³/mol. The second-order valence-corrected chi connectivity index (χ2v) is 4.20. The fourth-order valence-corrected chi connectivity index (χ4v) is 1.22. The molecule has 0 heterocycles. The molecule has 0 spiro atoms. The van der Waals surface area contributed by atoms with Crippen molar-refractivity contribution in [3.8, 4) is 0 Å². The van der Waals surface area contributed by atoms with Crippen LogP contribution in [0.25, 0.3) is 0 Å². The first-order chi connectivity index (χ1) is 7.45. The molecule has 0 bridgehead atoms. The third-order valence-electron chi connectivity index (χ3n) is 1.52. The molecular formula is C7H17KN2O6S. The van der Waals surface area contributed by atoms with Gasteiger partial charge in [-0.1, -0.05) is 0 Å². The van der Waals surface area contributed by atoms with Crippen molar-refractivity contribution in [1.82, 2.24) is 10.0 Å². The van der Waals surface area contributed by atoms with E-state index in [1.54, 1.807) is 4.72 Å². The zero-order valence-corrected chi connectivity index (χ0v) is 13.7. The molecule has 0 aliphatic rings. The summed E-state index contributed by atoms with van der Waals surface area (Å²) in [6.45, 7) is 0.900. The first kappa shape index (κ1) is 20.7. The molecule has 0 rings (SSSR count). The first-order valence-corrected chi connectivity index (χ1v) is 6.14. The molecule has 1 atom stereocenters. The van der Waals surface area contributed by atoms with Crippen molar-refractivity contribution in [2.75, 3.05) is 39.5 Å². The molecular weight excluding hydrogens is 279 g/mol. The summed E-state index contributed by atoms with van der Waals surface area (Å²) in [6, 6.07) is 0. The van der Waals surface area contributed by atoms with Crippen LogP contribution in [0.3, 0.4) is 0 Å². The van der Waals surface area contributed by atoms with Crippen LogP contribution < -0.4 is 61.4 Å². The number of aliphatic hydroxyl groups is 2. The summed E-state index contributed by atoms with van der Waals surface area (Å²) in [4.78, 5) is 0. The number of nitrogens with one attached hydrogen (secondary N) is 2. The van der Waals surface area contributed by atoms with E-state index in [2.05, 4.69) is 5.32 Å². The van der Waals surface area contributed by atoms with Gasteiger partial charge in [0, 0.05) is 19.6 Å². The fourth-order valence-electron chi connectivity index (χ4n) is 0.825. The zero-order chi connectivity index (χ0) is 12.4. The number of aliphatic hydroxyl groups excluding tert-OH is 2. The van der Waals surface area contributed by atoms with E-state index in [9.17, 15) is 13.0 Å². The van der Waals surface area contributed by atoms with Crippen LogP contribution in [-0.2, 0) is 15.0 Å². The van der Waals surface area contributed by atoms with Gasteiger partial charge in [0.15, 0.2) is 10.3 Å². The maximum absolute atomic E-state index is 10.1. The summed E-state index contributed by atoms with van der Waals surface area (Å²) < 4.78 is 37.0. The van der Waals surface area contributed by atoms with E-state index in [4.69, 9.17) is 14.9 Å². The Morgan fingerprint density at radius 3 is 2.53 bits per heavy atom. The van der Waals surface area contributed by atoms with Crippen LogP contribution in [0.15, 0.2) is 0 Å². The summed E-state index contributed by atoms with van der Waals surface area (Å²) in [5.41, 5.74) is 0. The minimum atomic E-state index is -4.52.